The van der Waals surface area contributed by atoms with Gasteiger partial charge in [0.05, 0.1) is 5.39 Å². The second-order valence-corrected chi connectivity index (χ2v) is 11.4. The zero-order valence-electron chi connectivity index (χ0n) is 16.8. The van der Waals surface area contributed by atoms with Crippen molar-refractivity contribution < 1.29 is 70.1 Å². The number of anilines is 1. The van der Waals surface area contributed by atoms with E-state index in [-0.39, 0.29) is 16.7 Å². The molecule has 1 aliphatic heterocycles. The highest BCUT2D eigenvalue weighted by Crippen LogP contribution is 2.66. The van der Waals surface area contributed by atoms with Gasteiger partial charge in [0, 0.05) is 18.1 Å². The zero-order valence-corrected chi connectivity index (χ0v) is 19.5. The minimum atomic E-state index is -5.93. The zero-order chi connectivity index (χ0) is 26.6. The number of phosphoric ester groups is 1. The highest BCUT2D eigenvalue weighted by molar-refractivity contribution is 7.66. The maximum Gasteiger partial charge on any atom is 0.490 e. The maximum absolute atomic E-state index is 15.5. The Labute approximate surface area is 193 Å². The van der Waals surface area contributed by atoms with Crippen molar-refractivity contribution in [2.24, 2.45) is 0 Å². The van der Waals surface area contributed by atoms with Crippen molar-refractivity contribution in [3.05, 3.63) is 24.3 Å². The van der Waals surface area contributed by atoms with Crippen LogP contribution in [0.1, 0.15) is 6.23 Å². The molecule has 8 N–H and O–H groups in total. The van der Waals surface area contributed by atoms with E-state index in [1.54, 1.807) is 5.92 Å². The predicted molar refractivity (Wildman–Crippen MR) is 108 cm³/mol. The van der Waals surface area contributed by atoms with Crippen molar-refractivity contribution in [2.75, 3.05) is 12.3 Å². The van der Waals surface area contributed by atoms with E-state index in [1.165, 1.54) is 6.07 Å². The summed E-state index contributed by atoms with van der Waals surface area (Å²) in [6.45, 7) is -1.82. The van der Waals surface area contributed by atoms with Crippen LogP contribution in [0.5, 0.6) is 0 Å². The number of hydrogen-bond acceptors (Lipinski definition) is 11. The third-order valence-electron chi connectivity index (χ3n) is 4.53. The molecule has 21 heteroatoms. The van der Waals surface area contributed by atoms with Gasteiger partial charge in [-0.25, -0.2) is 27.5 Å². The summed E-state index contributed by atoms with van der Waals surface area (Å²) in [6, 6.07) is 1.23. The predicted octanol–water partition coefficient (Wildman–Crippen LogP) is 0.0207. The molecule has 16 nitrogen and oxygen atoms in total. The van der Waals surface area contributed by atoms with E-state index in [0.29, 0.717) is 10.8 Å². The maximum atomic E-state index is 15.5. The van der Waals surface area contributed by atoms with Crippen LogP contribution in [0.25, 0.3) is 11.0 Å². The second-order valence-electron chi connectivity index (χ2n) is 6.98. The fraction of sp³-hybridized carbons (Fsp3) is 0.357. The summed E-state index contributed by atoms with van der Waals surface area (Å²) in [7, 11) is -17.5. The molecule has 0 aliphatic carbocycles. The lowest BCUT2D eigenvalue weighted by Crippen LogP contribution is -2.50. The van der Waals surface area contributed by atoms with Crippen LogP contribution < -0.4 is 5.73 Å². The first-order chi connectivity index (χ1) is 15.8. The summed E-state index contributed by atoms with van der Waals surface area (Å²) in [6.07, 6.45) is 2.14. The van der Waals surface area contributed by atoms with E-state index < -0.39 is 59.7 Å². The minimum absolute atomic E-state index is 0.104. The number of aliphatic hydroxyl groups is 2. The molecule has 0 saturated carbocycles. The molecular weight excluding hydrogens is 549 g/mol. The second kappa shape index (κ2) is 8.94. The number of rotatable bonds is 8. The molecule has 2 aromatic heterocycles. The number of halogens is 2. The first kappa shape index (κ1) is 27.8. The van der Waals surface area contributed by atoms with Crippen molar-refractivity contribution in [3.63, 3.8) is 0 Å². The molecule has 0 bridgehead atoms. The number of aromatic nitrogens is 2. The Balaban J connectivity index is 1.90. The van der Waals surface area contributed by atoms with Gasteiger partial charge in [-0.1, -0.05) is 5.92 Å². The Morgan fingerprint density at radius 2 is 1.89 bits per heavy atom. The fourth-order valence-electron chi connectivity index (χ4n) is 3.14. The smallest absolute Gasteiger partial charge is 0.398 e. The molecule has 6 atom stereocenters. The number of ether oxygens (including phenoxy) is 1. The summed E-state index contributed by atoms with van der Waals surface area (Å²) in [5.41, 5.74) is 2.30. The average molecular weight is 565 g/mol. The van der Waals surface area contributed by atoms with E-state index in [9.17, 15) is 33.2 Å². The van der Waals surface area contributed by atoms with Gasteiger partial charge >= 0.3 is 23.5 Å². The number of fused-ring (bicyclic) bond motifs is 1. The van der Waals surface area contributed by atoms with Crippen LogP contribution in [0.4, 0.5) is 14.5 Å². The molecular formula is C14H16F2N3O13P3. The highest BCUT2D eigenvalue weighted by Gasteiger charge is 2.66. The molecule has 1 fully saturated rings. The number of phosphoric acid groups is 3. The molecule has 35 heavy (non-hydrogen) atoms. The summed E-state index contributed by atoms with van der Waals surface area (Å²) in [5, 5.41) is 20.8. The van der Waals surface area contributed by atoms with Gasteiger partial charge in [-0.15, -0.1) is 6.42 Å². The molecule has 1 saturated heterocycles. The van der Waals surface area contributed by atoms with Gasteiger partial charge in [-0.05, 0) is 6.07 Å². The monoisotopic (exact) mass is 565 g/mol. The third kappa shape index (κ3) is 5.48. The van der Waals surface area contributed by atoms with E-state index >= 15 is 4.39 Å². The quantitative estimate of drug-likeness (QED) is 0.165. The third-order valence-corrected chi connectivity index (χ3v) is 8.32. The van der Waals surface area contributed by atoms with Crippen LogP contribution >= 0.6 is 23.5 Å². The van der Waals surface area contributed by atoms with Crippen LogP contribution in [-0.2, 0) is 31.6 Å². The van der Waals surface area contributed by atoms with Gasteiger partial charge in [-0.3, -0.25) is 9.09 Å². The number of nitrogen functional groups attached to an aromatic ring is 1. The van der Waals surface area contributed by atoms with Gasteiger partial charge in [-0.2, -0.15) is 8.62 Å². The lowest BCUT2D eigenvalue weighted by molar-refractivity contribution is -0.203. The summed E-state index contributed by atoms with van der Waals surface area (Å²) in [5.74, 6) is -2.97. The summed E-state index contributed by atoms with van der Waals surface area (Å²) in [4.78, 5) is 39.5. The Bertz CT molecular complexity index is 1340. The van der Waals surface area contributed by atoms with E-state index in [2.05, 4.69) is 18.1 Å². The molecule has 0 aromatic carbocycles. The summed E-state index contributed by atoms with van der Waals surface area (Å²) >= 11 is 0. The number of terminal acetylenes is 1. The molecule has 0 spiro atoms. The Hall–Kier alpha value is -1.80. The van der Waals surface area contributed by atoms with Gasteiger partial charge in [0.1, 0.15) is 12.3 Å². The van der Waals surface area contributed by atoms with Gasteiger partial charge in [0.15, 0.2) is 18.1 Å². The van der Waals surface area contributed by atoms with Crippen LogP contribution in [0, 0.1) is 18.2 Å². The topological polar surface area (TPSA) is 253 Å². The molecule has 194 valence electrons. The molecule has 2 unspecified atom stereocenters. The van der Waals surface area contributed by atoms with E-state index in [0.717, 1.165) is 6.20 Å². The molecule has 3 rings (SSSR count). The fourth-order valence-corrected chi connectivity index (χ4v) is 6.17. The van der Waals surface area contributed by atoms with Crippen LogP contribution in [-0.4, -0.2) is 63.5 Å². The lowest BCUT2D eigenvalue weighted by atomic mass is 9.94. The Morgan fingerprint density at radius 3 is 2.46 bits per heavy atom. The van der Waals surface area contributed by atoms with Crippen molar-refractivity contribution in [1.29, 1.82) is 0 Å². The minimum Gasteiger partial charge on any atom is -0.398 e. The molecule has 0 radical (unpaired) electrons. The van der Waals surface area contributed by atoms with Gasteiger partial charge in [0.2, 0.25) is 5.60 Å². The lowest BCUT2D eigenvalue weighted by Gasteiger charge is -2.27. The average Bonchev–Trinajstić information content (AvgIpc) is 3.13. The standard InChI is InChI=1S/C14H16F2N3O13P3/c1-2-13(21)11(20)14(16,6-29-34(25,26)32-35(27,28)31-33(22,23)24)30-12(13)19-5-7(15)9-8(17)3-4-18-10(9)19/h1,3-5,11-12,20-21H,6H2,(H2,17,18)(H,25,26)(H,27,28)(H2,22,23,24)/t11-,12+,13+,14+/m0/s1. The number of nitrogens with two attached hydrogens (primary N) is 1. The number of alkyl halides is 1. The van der Waals surface area contributed by atoms with Crippen molar-refractivity contribution >= 4 is 40.2 Å². The van der Waals surface area contributed by atoms with Crippen molar-refractivity contribution in [2.45, 2.75) is 23.8 Å². The van der Waals surface area contributed by atoms with E-state index in [1.807, 2.05) is 0 Å². The Morgan fingerprint density at radius 1 is 1.26 bits per heavy atom. The number of aliphatic hydroxyl groups excluding tert-OH is 1. The molecule has 0 amide bonds. The SMILES string of the molecule is C#C[C@]1(O)[C@H](n2cc(F)c3c(N)ccnc32)O[C@](F)(COP(=O)(O)OP(=O)(O)OP(=O)(O)O)[C@H]1O. The molecule has 1 aliphatic rings. The van der Waals surface area contributed by atoms with Crippen LogP contribution in [0.2, 0.25) is 0 Å². The molecule has 2 aromatic rings. The van der Waals surface area contributed by atoms with E-state index in [4.69, 9.17) is 31.6 Å². The first-order valence-electron chi connectivity index (χ1n) is 8.78. The highest BCUT2D eigenvalue weighted by atomic mass is 31.3. The Kier molecular flexibility index (Phi) is 7.10. The van der Waals surface area contributed by atoms with Crippen LogP contribution in [0.15, 0.2) is 18.5 Å². The van der Waals surface area contributed by atoms with Crippen LogP contribution in [0.3, 0.4) is 0 Å². The van der Waals surface area contributed by atoms with Crippen molar-refractivity contribution in [3.8, 4) is 12.3 Å². The van der Waals surface area contributed by atoms with Gasteiger partial charge < -0.3 is 40.3 Å². The van der Waals surface area contributed by atoms with Crippen molar-refractivity contribution in [1.82, 2.24) is 9.55 Å². The summed E-state index contributed by atoms with van der Waals surface area (Å²) < 4.78 is 80.5. The first-order valence-corrected chi connectivity index (χ1v) is 13.3. The number of pyridine rings is 1. The number of nitrogens with zero attached hydrogens (tertiary/aromatic N) is 2. The molecule has 3 heterocycles. The van der Waals surface area contributed by atoms with Gasteiger partial charge in [0.25, 0.3) is 5.85 Å². The normalized spacial score (nSPS) is 30.6. The number of hydrogen-bond donors (Lipinski definition) is 7. The largest absolute Gasteiger partial charge is 0.490 e.